The number of phenols is 1. The number of anilines is 1. The number of aromatic hydroxyl groups is 1. The molecule has 36 heavy (non-hydrogen) atoms. The summed E-state index contributed by atoms with van der Waals surface area (Å²) in [7, 11) is 0.102. The highest BCUT2D eigenvalue weighted by molar-refractivity contribution is 7.83. The molecule has 8 nitrogen and oxygen atoms in total. The van der Waals surface area contributed by atoms with Gasteiger partial charge in [0.2, 0.25) is 11.8 Å². The molecule has 2 amide bonds. The second kappa shape index (κ2) is 10.9. The minimum absolute atomic E-state index is 0.0424. The Labute approximate surface area is 212 Å². The van der Waals surface area contributed by atoms with Crippen molar-refractivity contribution < 1.29 is 23.6 Å². The Hall–Kier alpha value is -3.69. The molecule has 0 bridgehead atoms. The third kappa shape index (κ3) is 5.75. The van der Waals surface area contributed by atoms with Gasteiger partial charge >= 0.3 is 0 Å². The Morgan fingerprint density at radius 1 is 1.00 bits per heavy atom. The molecular weight excluding hydrogens is 478 g/mol. The lowest BCUT2D eigenvalue weighted by molar-refractivity contribution is -0.119. The van der Waals surface area contributed by atoms with Gasteiger partial charge in [0.05, 0.1) is 17.4 Å². The standard InChI is InChI=1S/C27H29N3O5S/c1-18(31)28-14-15-29-36(34)23-9-6-19(7-10-23)20-4-3-5-22(16-20)30-26(33)27(12-13-27)21-8-11-24(32)25(17-21)35-2/h3-11,16-17,29,32H,12-15H2,1-2H3,(H,28,31)(H,30,33). The van der Waals surface area contributed by atoms with E-state index in [0.29, 0.717) is 29.4 Å². The fraction of sp³-hybridized carbons (Fsp3) is 0.259. The van der Waals surface area contributed by atoms with Crippen molar-refractivity contribution in [3.63, 3.8) is 0 Å². The Kier molecular flexibility index (Phi) is 7.71. The lowest BCUT2D eigenvalue weighted by Gasteiger charge is -2.17. The van der Waals surface area contributed by atoms with Crippen LogP contribution in [-0.4, -0.2) is 41.3 Å². The van der Waals surface area contributed by atoms with Crippen molar-refractivity contribution in [2.75, 3.05) is 25.5 Å². The molecule has 1 fully saturated rings. The zero-order chi connectivity index (χ0) is 25.7. The molecule has 3 aromatic rings. The number of hydrogen-bond acceptors (Lipinski definition) is 5. The largest absolute Gasteiger partial charge is 0.504 e. The van der Waals surface area contributed by atoms with Crippen molar-refractivity contribution in [1.29, 1.82) is 0 Å². The number of amides is 2. The van der Waals surface area contributed by atoms with E-state index >= 15 is 0 Å². The number of carbonyl (C=O) groups excluding carboxylic acids is 2. The van der Waals surface area contributed by atoms with Gasteiger partial charge in [-0.3, -0.25) is 9.59 Å². The van der Waals surface area contributed by atoms with Crippen molar-refractivity contribution in [3.05, 3.63) is 72.3 Å². The van der Waals surface area contributed by atoms with Crippen molar-refractivity contribution in [1.82, 2.24) is 10.0 Å². The summed E-state index contributed by atoms with van der Waals surface area (Å²) in [5, 5.41) is 15.6. The number of nitrogens with one attached hydrogen (secondary N) is 3. The molecule has 4 rings (SSSR count). The molecule has 0 aliphatic heterocycles. The number of phenolic OH excluding ortho intramolecular Hbond substituents is 1. The van der Waals surface area contributed by atoms with E-state index in [4.69, 9.17) is 4.74 Å². The predicted molar refractivity (Wildman–Crippen MR) is 139 cm³/mol. The normalized spacial score (nSPS) is 14.5. The fourth-order valence-corrected chi connectivity index (χ4v) is 4.85. The van der Waals surface area contributed by atoms with Crippen LogP contribution >= 0.6 is 0 Å². The molecule has 9 heteroatoms. The molecule has 188 valence electrons. The molecular formula is C27H29N3O5S. The van der Waals surface area contributed by atoms with Gasteiger partial charge in [0.25, 0.3) is 0 Å². The van der Waals surface area contributed by atoms with Crippen LogP contribution in [0.4, 0.5) is 5.69 Å². The van der Waals surface area contributed by atoms with Crippen molar-refractivity contribution in [2.24, 2.45) is 0 Å². The summed E-state index contributed by atoms with van der Waals surface area (Å²) in [6.07, 6.45) is 1.45. The van der Waals surface area contributed by atoms with Gasteiger partial charge in [0, 0.05) is 25.7 Å². The first-order chi connectivity index (χ1) is 17.3. The summed E-state index contributed by atoms with van der Waals surface area (Å²) in [6.45, 7) is 2.24. The van der Waals surface area contributed by atoms with Crippen LogP contribution in [0.2, 0.25) is 0 Å². The SMILES string of the molecule is COc1cc(C2(C(=O)Nc3cccc(-c4ccc(S(=O)NCCNC(C)=O)cc4)c3)CC2)ccc1O. The number of carbonyl (C=O) groups is 2. The molecule has 0 saturated heterocycles. The highest BCUT2D eigenvalue weighted by Gasteiger charge is 2.51. The molecule has 1 saturated carbocycles. The van der Waals surface area contributed by atoms with Crippen LogP contribution in [-0.2, 0) is 26.0 Å². The van der Waals surface area contributed by atoms with Crippen LogP contribution in [0.1, 0.15) is 25.3 Å². The second-order valence-electron chi connectivity index (χ2n) is 8.67. The Morgan fingerprint density at radius 2 is 1.75 bits per heavy atom. The van der Waals surface area contributed by atoms with Crippen LogP contribution in [0.3, 0.4) is 0 Å². The quantitative estimate of drug-likeness (QED) is 0.314. The van der Waals surface area contributed by atoms with Gasteiger partial charge < -0.3 is 20.5 Å². The van der Waals surface area contributed by atoms with Crippen LogP contribution in [0.25, 0.3) is 11.1 Å². The predicted octanol–water partition coefficient (Wildman–Crippen LogP) is 3.49. The minimum Gasteiger partial charge on any atom is -0.504 e. The molecule has 1 aliphatic rings. The highest BCUT2D eigenvalue weighted by atomic mass is 32.2. The van der Waals surface area contributed by atoms with E-state index in [9.17, 15) is 18.9 Å². The van der Waals surface area contributed by atoms with Gasteiger partial charge in [-0.05, 0) is 65.9 Å². The molecule has 0 radical (unpaired) electrons. The first-order valence-electron chi connectivity index (χ1n) is 11.6. The number of hydrogen-bond donors (Lipinski definition) is 4. The fourth-order valence-electron chi connectivity index (χ4n) is 4.01. The summed E-state index contributed by atoms with van der Waals surface area (Å²) >= 11 is 0. The Morgan fingerprint density at radius 3 is 2.42 bits per heavy atom. The molecule has 3 aromatic carbocycles. The van der Waals surface area contributed by atoms with Crippen molar-refractivity contribution >= 4 is 28.5 Å². The number of benzene rings is 3. The maximum Gasteiger partial charge on any atom is 0.235 e. The van der Waals surface area contributed by atoms with E-state index in [0.717, 1.165) is 29.5 Å². The van der Waals surface area contributed by atoms with Crippen LogP contribution in [0, 0.1) is 0 Å². The number of methoxy groups -OCH3 is 1. The Balaban J connectivity index is 1.42. The summed E-state index contributed by atoms with van der Waals surface area (Å²) in [6, 6.07) is 20.0. The van der Waals surface area contributed by atoms with Gasteiger partial charge in [-0.25, -0.2) is 8.93 Å². The van der Waals surface area contributed by atoms with E-state index in [1.54, 1.807) is 30.3 Å². The maximum atomic E-state index is 13.2. The van der Waals surface area contributed by atoms with Crippen LogP contribution in [0.5, 0.6) is 11.5 Å². The van der Waals surface area contributed by atoms with E-state index < -0.39 is 16.4 Å². The monoisotopic (exact) mass is 507 g/mol. The lowest BCUT2D eigenvalue weighted by atomic mass is 9.94. The molecule has 4 N–H and O–H groups in total. The zero-order valence-electron chi connectivity index (χ0n) is 20.2. The van der Waals surface area contributed by atoms with Gasteiger partial charge in [-0.1, -0.05) is 30.3 Å². The van der Waals surface area contributed by atoms with Gasteiger partial charge in [0.15, 0.2) is 11.5 Å². The topological polar surface area (TPSA) is 117 Å². The van der Waals surface area contributed by atoms with Gasteiger partial charge in [-0.15, -0.1) is 0 Å². The highest BCUT2D eigenvalue weighted by Crippen LogP contribution is 2.50. The lowest BCUT2D eigenvalue weighted by Crippen LogP contribution is -2.31. The third-order valence-corrected chi connectivity index (χ3v) is 7.34. The first kappa shape index (κ1) is 25.4. The Bertz CT molecular complexity index is 1290. The molecule has 1 atom stereocenters. The van der Waals surface area contributed by atoms with Crippen LogP contribution in [0.15, 0.2) is 71.6 Å². The molecule has 1 aliphatic carbocycles. The third-order valence-electron chi connectivity index (χ3n) is 6.17. The summed E-state index contributed by atoms with van der Waals surface area (Å²) in [4.78, 5) is 24.8. The van der Waals surface area contributed by atoms with Crippen molar-refractivity contribution in [2.45, 2.75) is 30.1 Å². The first-order valence-corrected chi connectivity index (χ1v) is 12.8. The molecule has 1 unspecified atom stereocenters. The molecule has 0 heterocycles. The average Bonchev–Trinajstić information content (AvgIpc) is 3.69. The minimum atomic E-state index is -1.38. The van der Waals surface area contributed by atoms with E-state index in [2.05, 4.69) is 15.4 Å². The smallest absolute Gasteiger partial charge is 0.235 e. The number of ether oxygens (including phenoxy) is 1. The summed E-state index contributed by atoms with van der Waals surface area (Å²) in [5.41, 5.74) is 2.71. The van der Waals surface area contributed by atoms with Gasteiger partial charge in [-0.2, -0.15) is 0 Å². The van der Waals surface area contributed by atoms with E-state index in [1.807, 2.05) is 36.4 Å². The average molecular weight is 508 g/mol. The molecule has 0 aromatic heterocycles. The van der Waals surface area contributed by atoms with Crippen molar-refractivity contribution in [3.8, 4) is 22.6 Å². The zero-order valence-corrected chi connectivity index (χ0v) is 21.0. The van der Waals surface area contributed by atoms with Crippen LogP contribution < -0.4 is 20.1 Å². The summed E-state index contributed by atoms with van der Waals surface area (Å²) < 4.78 is 20.5. The van der Waals surface area contributed by atoms with E-state index in [1.165, 1.54) is 14.0 Å². The number of rotatable bonds is 10. The maximum absolute atomic E-state index is 13.2. The molecule has 0 spiro atoms. The van der Waals surface area contributed by atoms with Gasteiger partial charge in [0.1, 0.15) is 11.0 Å². The second-order valence-corrected chi connectivity index (χ2v) is 9.97. The van der Waals surface area contributed by atoms with E-state index in [-0.39, 0.29) is 17.6 Å². The summed E-state index contributed by atoms with van der Waals surface area (Å²) in [5.74, 6) is 0.170.